The average Bonchev–Trinajstić information content (AvgIpc) is 2.33. The number of aliphatic hydroxyl groups excluding tert-OH is 3. The van der Waals surface area contributed by atoms with Gasteiger partial charge < -0.3 is 25.9 Å². The molecule has 0 bridgehead atoms. The van der Waals surface area contributed by atoms with Gasteiger partial charge in [-0.15, -0.1) is 0 Å². The Bertz CT molecular complexity index is 107. The standard InChI is InChI=1S/3C4H10O.C2H4O2.H2O/c3*1-2-3-4-5;1-2(3)4;/h3*5H,2-4H2,1H3;1H3,(H,3,4);1H2. The van der Waals surface area contributed by atoms with Gasteiger partial charge in [0.05, 0.1) is 0 Å². The number of hydrogen-bond donors (Lipinski definition) is 4. The molecule has 0 fully saturated rings. The smallest absolute Gasteiger partial charge is 0.300 e. The molecule has 0 amide bonds. The van der Waals surface area contributed by atoms with Gasteiger partial charge in [-0.05, 0) is 19.3 Å². The highest BCUT2D eigenvalue weighted by atomic mass is 16.4. The number of aliphatic carboxylic acids is 1. The Labute approximate surface area is 123 Å². The highest BCUT2D eigenvalue weighted by Crippen LogP contribution is 1.79. The van der Waals surface area contributed by atoms with Crippen LogP contribution in [0.1, 0.15) is 66.2 Å². The highest BCUT2D eigenvalue weighted by Gasteiger charge is 1.70. The Morgan fingerprint density at radius 3 is 0.900 bits per heavy atom. The third-order valence-electron chi connectivity index (χ3n) is 1.54. The lowest BCUT2D eigenvalue weighted by Crippen LogP contribution is -1.78. The first-order valence-corrected chi connectivity index (χ1v) is 7.00. The van der Waals surface area contributed by atoms with E-state index >= 15 is 0 Å². The van der Waals surface area contributed by atoms with Gasteiger partial charge in [0, 0.05) is 26.7 Å². The van der Waals surface area contributed by atoms with Crippen LogP contribution in [0.2, 0.25) is 0 Å². The summed E-state index contributed by atoms with van der Waals surface area (Å²) in [5.74, 6) is -0.833. The van der Waals surface area contributed by atoms with Crippen molar-refractivity contribution >= 4 is 5.97 Å². The molecule has 0 aromatic carbocycles. The van der Waals surface area contributed by atoms with Gasteiger partial charge in [-0.1, -0.05) is 40.0 Å². The Balaban J connectivity index is -0.0000000494. The van der Waals surface area contributed by atoms with Gasteiger partial charge in [0.2, 0.25) is 0 Å². The van der Waals surface area contributed by atoms with Crippen LogP contribution in [0, 0.1) is 0 Å². The third-order valence-corrected chi connectivity index (χ3v) is 1.54. The summed E-state index contributed by atoms with van der Waals surface area (Å²) in [7, 11) is 0. The molecule has 0 aliphatic heterocycles. The Kier molecular flexibility index (Phi) is 67.8. The molecule has 0 rings (SSSR count). The summed E-state index contributed by atoms with van der Waals surface area (Å²) in [6.45, 7) is 8.27. The van der Waals surface area contributed by atoms with Gasteiger partial charge in [0.25, 0.3) is 5.97 Å². The van der Waals surface area contributed by atoms with E-state index in [1.165, 1.54) is 0 Å². The van der Waals surface area contributed by atoms with E-state index < -0.39 is 5.97 Å². The van der Waals surface area contributed by atoms with E-state index in [1.807, 2.05) is 0 Å². The van der Waals surface area contributed by atoms with E-state index in [0.717, 1.165) is 45.4 Å². The first-order chi connectivity index (χ1) is 8.97. The van der Waals surface area contributed by atoms with E-state index in [9.17, 15) is 0 Å². The van der Waals surface area contributed by atoms with E-state index in [0.29, 0.717) is 19.8 Å². The number of carboxylic acids is 1. The minimum atomic E-state index is -0.833. The number of carbonyl (C=O) groups is 1. The molecule has 20 heavy (non-hydrogen) atoms. The van der Waals surface area contributed by atoms with Crippen molar-refractivity contribution in [1.82, 2.24) is 0 Å². The lowest BCUT2D eigenvalue weighted by Gasteiger charge is -1.79. The number of hydrogen-bond acceptors (Lipinski definition) is 4. The second kappa shape index (κ2) is 42.9. The molecule has 6 N–H and O–H groups in total. The van der Waals surface area contributed by atoms with Crippen molar-refractivity contribution in [2.75, 3.05) is 19.8 Å². The minimum absolute atomic E-state index is 0. The topological polar surface area (TPSA) is 129 Å². The van der Waals surface area contributed by atoms with Crippen molar-refractivity contribution in [2.24, 2.45) is 0 Å². The zero-order valence-corrected chi connectivity index (χ0v) is 13.6. The van der Waals surface area contributed by atoms with Crippen molar-refractivity contribution < 1.29 is 30.7 Å². The van der Waals surface area contributed by atoms with Crippen LogP contribution in [0.5, 0.6) is 0 Å². The van der Waals surface area contributed by atoms with E-state index in [-0.39, 0.29) is 5.48 Å². The number of unbranched alkanes of at least 4 members (excludes halogenated alkanes) is 3. The monoisotopic (exact) mass is 300 g/mol. The average molecular weight is 300 g/mol. The lowest BCUT2D eigenvalue weighted by molar-refractivity contribution is -0.134. The molecule has 6 nitrogen and oxygen atoms in total. The zero-order valence-electron chi connectivity index (χ0n) is 13.6. The van der Waals surface area contributed by atoms with E-state index in [1.54, 1.807) is 0 Å². The molecule has 0 aromatic rings. The SMILES string of the molecule is CC(=O)O.CCCCO.CCCCO.CCCCO.O. The highest BCUT2D eigenvalue weighted by molar-refractivity contribution is 5.62. The van der Waals surface area contributed by atoms with Gasteiger partial charge >= 0.3 is 0 Å². The predicted octanol–water partition coefficient (Wildman–Crippen LogP) is 1.60. The quantitative estimate of drug-likeness (QED) is 0.592. The Hall–Kier alpha value is -0.690. The summed E-state index contributed by atoms with van der Waals surface area (Å²) in [5, 5.41) is 31.6. The molecule has 0 unspecified atom stereocenters. The fourth-order valence-corrected chi connectivity index (χ4v) is 0.474. The molecule has 0 atom stereocenters. The molecule has 0 radical (unpaired) electrons. The maximum atomic E-state index is 9.00. The van der Waals surface area contributed by atoms with Gasteiger partial charge in [0.15, 0.2) is 0 Å². The molecular formula is C14H36O6. The van der Waals surface area contributed by atoms with Crippen LogP contribution in [-0.2, 0) is 4.79 Å². The molecule has 0 aliphatic rings. The van der Waals surface area contributed by atoms with Crippen LogP contribution >= 0.6 is 0 Å². The number of carboxylic acid groups (broad SMARTS) is 1. The molecule has 0 saturated heterocycles. The summed E-state index contributed by atoms with van der Waals surface area (Å²) in [5.41, 5.74) is 0. The van der Waals surface area contributed by atoms with Gasteiger partial charge in [0.1, 0.15) is 0 Å². The van der Waals surface area contributed by atoms with E-state index in [4.69, 9.17) is 25.2 Å². The van der Waals surface area contributed by atoms with Crippen LogP contribution in [0.25, 0.3) is 0 Å². The van der Waals surface area contributed by atoms with Gasteiger partial charge in [-0.25, -0.2) is 0 Å². The van der Waals surface area contributed by atoms with Gasteiger partial charge in [-0.3, -0.25) is 4.79 Å². The maximum absolute atomic E-state index is 9.00. The molecule has 6 heteroatoms. The third kappa shape index (κ3) is 163. The largest absolute Gasteiger partial charge is 0.481 e. The predicted molar refractivity (Wildman–Crippen MR) is 82.9 cm³/mol. The van der Waals surface area contributed by atoms with Crippen LogP contribution in [0.3, 0.4) is 0 Å². The lowest BCUT2D eigenvalue weighted by atomic mass is 10.4. The molecule has 0 heterocycles. The summed E-state index contributed by atoms with van der Waals surface area (Å²) < 4.78 is 0. The summed E-state index contributed by atoms with van der Waals surface area (Å²) >= 11 is 0. The van der Waals surface area contributed by atoms with E-state index in [2.05, 4.69) is 20.8 Å². The normalized spacial score (nSPS) is 7.55. The first-order valence-electron chi connectivity index (χ1n) is 7.00. The van der Waals surface area contributed by atoms with Gasteiger partial charge in [-0.2, -0.15) is 0 Å². The van der Waals surface area contributed by atoms with Crippen molar-refractivity contribution in [1.29, 1.82) is 0 Å². The van der Waals surface area contributed by atoms with Crippen LogP contribution in [-0.4, -0.2) is 51.7 Å². The second-order valence-corrected chi connectivity index (χ2v) is 3.75. The van der Waals surface area contributed by atoms with Crippen LogP contribution in [0.15, 0.2) is 0 Å². The molecule has 128 valence electrons. The van der Waals surface area contributed by atoms with Crippen LogP contribution < -0.4 is 0 Å². The van der Waals surface area contributed by atoms with Crippen molar-refractivity contribution in [3.05, 3.63) is 0 Å². The Morgan fingerprint density at radius 1 is 0.750 bits per heavy atom. The Morgan fingerprint density at radius 2 is 0.900 bits per heavy atom. The van der Waals surface area contributed by atoms with Crippen molar-refractivity contribution in [3.63, 3.8) is 0 Å². The molecule has 0 aliphatic carbocycles. The molecule has 0 spiro atoms. The summed E-state index contributed by atoms with van der Waals surface area (Å²) in [4.78, 5) is 9.00. The molecular weight excluding hydrogens is 264 g/mol. The number of aliphatic hydroxyl groups is 3. The van der Waals surface area contributed by atoms with Crippen molar-refractivity contribution in [3.8, 4) is 0 Å². The molecule has 0 saturated carbocycles. The minimum Gasteiger partial charge on any atom is -0.481 e. The zero-order chi connectivity index (χ0) is 15.9. The first kappa shape index (κ1) is 31.6. The second-order valence-electron chi connectivity index (χ2n) is 3.75. The molecule has 0 aromatic heterocycles. The van der Waals surface area contributed by atoms with Crippen LogP contribution in [0.4, 0.5) is 0 Å². The maximum Gasteiger partial charge on any atom is 0.300 e. The summed E-state index contributed by atoms with van der Waals surface area (Å²) in [6, 6.07) is 0. The summed E-state index contributed by atoms with van der Waals surface area (Å²) in [6.07, 6.45) is 6.11. The fourth-order valence-electron chi connectivity index (χ4n) is 0.474. The van der Waals surface area contributed by atoms with Crippen molar-refractivity contribution in [2.45, 2.75) is 66.2 Å². The number of rotatable bonds is 6. The fraction of sp³-hybridized carbons (Fsp3) is 0.929.